The molecule has 0 amide bonds. The number of carbonyl (C=O) groups is 2. The van der Waals surface area contributed by atoms with Gasteiger partial charge in [-0.3, -0.25) is 19.4 Å². The van der Waals surface area contributed by atoms with Crippen molar-refractivity contribution in [1.82, 2.24) is 14.8 Å². The molecule has 4 fully saturated rings. The summed E-state index contributed by atoms with van der Waals surface area (Å²) in [4.78, 5) is 43.1. The number of amidine groups is 1. The molecule has 0 saturated carbocycles. The van der Waals surface area contributed by atoms with E-state index in [2.05, 4.69) is 80.4 Å². The molecular formula is C56H72BrN10O8PS3. The van der Waals surface area contributed by atoms with Gasteiger partial charge in [-0.25, -0.2) is 4.98 Å². The number of halogens is 1. The third-order valence-corrected chi connectivity index (χ3v) is 17.0. The van der Waals surface area contributed by atoms with E-state index in [-0.39, 0.29) is 53.1 Å². The van der Waals surface area contributed by atoms with Crippen molar-refractivity contribution in [3.05, 3.63) is 101 Å². The van der Waals surface area contributed by atoms with Gasteiger partial charge in [0, 0.05) is 85.2 Å². The molecule has 7 heterocycles. The number of thiazole rings is 1. The molecular weight excluding hydrogens is 1150 g/mol. The van der Waals surface area contributed by atoms with Crippen LogP contribution in [-0.2, 0) is 0 Å². The number of piperidine rings is 4. The quantitative estimate of drug-likeness (QED) is 0.0171. The van der Waals surface area contributed by atoms with E-state index < -0.39 is 0 Å². The maximum atomic E-state index is 13.0. The Morgan fingerprint density at radius 1 is 0.734 bits per heavy atom. The first-order valence-electron chi connectivity index (χ1n) is 26.7. The van der Waals surface area contributed by atoms with Crippen LogP contribution < -0.4 is 50.8 Å². The van der Waals surface area contributed by atoms with Crippen molar-refractivity contribution in [3.63, 3.8) is 0 Å². The molecule has 6 aliphatic rings. The number of aliphatic hydroxyl groups is 2. The van der Waals surface area contributed by atoms with Crippen LogP contribution in [0.2, 0.25) is 0 Å². The summed E-state index contributed by atoms with van der Waals surface area (Å²) in [6, 6.07) is 28.1. The zero-order valence-electron chi connectivity index (χ0n) is 44.5. The van der Waals surface area contributed by atoms with Gasteiger partial charge >= 0.3 is 0 Å². The molecule has 1 aromatic heterocycles. The van der Waals surface area contributed by atoms with Crippen LogP contribution in [0, 0.1) is 0 Å². The number of fused-ring (bicyclic) bond motifs is 2. The molecule has 0 aliphatic carbocycles. The fourth-order valence-electron chi connectivity index (χ4n) is 10.5. The Morgan fingerprint density at radius 3 is 1.73 bits per heavy atom. The average Bonchev–Trinajstić information content (AvgIpc) is 4.24. The van der Waals surface area contributed by atoms with E-state index >= 15 is 0 Å². The first-order chi connectivity index (χ1) is 37.9. The maximum absolute atomic E-state index is 13.0. The Labute approximate surface area is 487 Å². The van der Waals surface area contributed by atoms with Crippen molar-refractivity contribution in [2.45, 2.75) is 82.6 Å². The summed E-state index contributed by atoms with van der Waals surface area (Å²) in [5.41, 5.74) is 17.3. The summed E-state index contributed by atoms with van der Waals surface area (Å²) in [7, 11) is 0. The van der Waals surface area contributed by atoms with Gasteiger partial charge in [0.25, 0.3) is 0 Å². The van der Waals surface area contributed by atoms with Crippen LogP contribution in [0.15, 0.2) is 89.9 Å². The van der Waals surface area contributed by atoms with Gasteiger partial charge < -0.3 is 61.1 Å². The van der Waals surface area contributed by atoms with E-state index in [4.69, 9.17) is 42.6 Å². The monoisotopic (exact) mass is 1220 g/mol. The van der Waals surface area contributed by atoms with Crippen LogP contribution in [-0.4, -0.2) is 148 Å². The summed E-state index contributed by atoms with van der Waals surface area (Å²) in [6.07, 6.45) is 8.32. The molecule has 0 spiro atoms. The van der Waals surface area contributed by atoms with Crippen molar-refractivity contribution >= 4 is 117 Å². The highest BCUT2D eigenvalue weighted by molar-refractivity contribution is 9.09. The van der Waals surface area contributed by atoms with E-state index in [1.807, 2.05) is 31.2 Å². The minimum Gasteiger partial charge on any atom is -0.454 e. The molecule has 5 aromatic rings. The normalized spacial score (nSPS) is 19.5. The highest BCUT2D eigenvalue weighted by atomic mass is 79.9. The lowest BCUT2D eigenvalue weighted by Crippen LogP contribution is -2.49. The lowest BCUT2D eigenvalue weighted by atomic mass is 9.98. The number of nitrogens with zero attached hydrogens (tertiary/aromatic N) is 6. The number of anilines is 6. The molecule has 79 heavy (non-hydrogen) atoms. The molecule has 8 N–H and O–H groups in total. The number of aliphatic hydroxyl groups excluding tert-OH is 2. The lowest BCUT2D eigenvalue weighted by molar-refractivity contribution is 0.0397. The van der Waals surface area contributed by atoms with Gasteiger partial charge in [-0.15, -0.1) is 0 Å². The zero-order chi connectivity index (χ0) is 54.5. The zero-order valence-corrected chi connectivity index (χ0v) is 50.0. The van der Waals surface area contributed by atoms with Crippen LogP contribution in [0.5, 0.6) is 23.0 Å². The Hall–Kier alpha value is -5.29. The number of ketones is 2. The van der Waals surface area contributed by atoms with Crippen LogP contribution in [0.4, 0.5) is 33.7 Å². The number of aliphatic imine (C=N–C) groups is 1. The third-order valence-electron chi connectivity index (χ3n) is 14.6. The number of nitrogens with two attached hydrogens (primary N) is 2. The molecule has 6 aliphatic heterocycles. The lowest BCUT2D eigenvalue weighted by Gasteiger charge is -2.42. The molecule has 3 atom stereocenters. The third kappa shape index (κ3) is 16.2. The SMILES string of the molecule is CCSC(N)=NC(=S)Nc1ccc(N2CCC(N3CCCC(O)C3)CC2)cc1.Nc1nc(Nc2ccc(N3CCC(N4CCCC(O)C4)CC3)cc2)sc1C(=O)c1ccc2c(c1)OCO2.O=C(CBr)c1ccc2c(c1)OCO2.P. The first-order valence-corrected chi connectivity index (χ1v) is 30.0. The average molecular weight is 1220 g/mol. The number of thioether (sulfide) groups is 1. The highest BCUT2D eigenvalue weighted by Crippen LogP contribution is 2.37. The van der Waals surface area contributed by atoms with Gasteiger partial charge in [-0.1, -0.05) is 46.0 Å². The van der Waals surface area contributed by atoms with Crippen LogP contribution >= 0.6 is 61.1 Å². The summed E-state index contributed by atoms with van der Waals surface area (Å²) in [5, 5.41) is 28.1. The molecule has 0 radical (unpaired) electrons. The van der Waals surface area contributed by atoms with Crippen LogP contribution in [0.3, 0.4) is 0 Å². The minimum atomic E-state index is -0.195. The van der Waals surface area contributed by atoms with Crippen molar-refractivity contribution in [3.8, 4) is 23.0 Å². The standard InChI is InChI=1S/C27H31N5O4S.C20H31N5OS2.C9H7BrO3.H3P/c28-26-25(24(34)17-3-8-22-23(14-17)36-16-35-22)37-27(30-26)29-18-4-6-19(7-5-18)31-12-9-20(10-13-31)32-11-1-2-21(33)15-32;1-2-28-19(21)23-20(27)22-15-5-7-16(8-6-15)24-12-9-17(10-13-24)25-11-3-4-18(26)14-25;10-4-7(11)6-1-2-8-9(3-6)13-5-12-8;/h3-8,14,20-21,33H,1-2,9-13,15-16,28H2,(H,29,30);5-8,17-18,26H,2-4,9-14H2,1H3,(H3,21,22,23,27);1-3H,4-5H2;1H3. The number of benzene rings is 4. The molecule has 424 valence electrons. The second-order valence-electron chi connectivity index (χ2n) is 19.8. The fraction of sp³-hybridized carbons (Fsp3) is 0.446. The number of alkyl halides is 1. The Morgan fingerprint density at radius 2 is 1.23 bits per heavy atom. The number of carbonyl (C=O) groups excluding carboxylic acids is 2. The predicted molar refractivity (Wildman–Crippen MR) is 331 cm³/mol. The number of nitrogen functional groups attached to an aromatic ring is 1. The number of rotatable bonds is 12. The van der Waals surface area contributed by atoms with Gasteiger partial charge in [0.05, 0.1) is 17.5 Å². The molecule has 4 saturated heterocycles. The highest BCUT2D eigenvalue weighted by Gasteiger charge is 2.30. The number of β-amino-alcohol motifs (C(OH)–C–C–N with tert-alkyl or cyclic N) is 2. The topological polar surface area (TPSA) is 226 Å². The Bertz CT molecular complexity index is 2870. The maximum Gasteiger partial charge on any atom is 0.231 e. The smallest absolute Gasteiger partial charge is 0.231 e. The summed E-state index contributed by atoms with van der Waals surface area (Å²) in [5.74, 6) is 3.46. The van der Waals surface area contributed by atoms with Crippen molar-refractivity contribution in [1.29, 1.82) is 0 Å². The summed E-state index contributed by atoms with van der Waals surface area (Å²) in [6.45, 7) is 10.4. The molecule has 4 aromatic carbocycles. The van der Waals surface area contributed by atoms with Crippen molar-refractivity contribution in [2.75, 3.05) is 103 Å². The van der Waals surface area contributed by atoms with Crippen molar-refractivity contribution in [2.24, 2.45) is 10.7 Å². The summed E-state index contributed by atoms with van der Waals surface area (Å²) >= 11 is 11.1. The number of hydrogen-bond donors (Lipinski definition) is 6. The number of hydrogen-bond acceptors (Lipinski definition) is 18. The fourth-order valence-corrected chi connectivity index (χ4v) is 12.5. The van der Waals surface area contributed by atoms with Gasteiger partial charge in [0.15, 0.2) is 44.2 Å². The first kappa shape index (κ1) is 59.8. The number of ether oxygens (including phenoxy) is 4. The molecule has 11 rings (SSSR count). The van der Waals surface area contributed by atoms with E-state index in [1.165, 1.54) is 34.5 Å². The predicted octanol–water partition coefficient (Wildman–Crippen LogP) is 8.78. The van der Waals surface area contributed by atoms with Gasteiger partial charge in [-0.2, -0.15) is 14.9 Å². The largest absolute Gasteiger partial charge is 0.454 e. The number of aromatic nitrogens is 1. The molecule has 3 unspecified atom stereocenters. The summed E-state index contributed by atoms with van der Waals surface area (Å²) < 4.78 is 21.0. The van der Waals surface area contributed by atoms with Gasteiger partial charge in [0.1, 0.15) is 10.7 Å². The second-order valence-corrected chi connectivity index (χ2v) is 23.0. The van der Waals surface area contributed by atoms with E-state index in [1.54, 1.807) is 36.4 Å². The van der Waals surface area contributed by atoms with E-state index in [9.17, 15) is 19.8 Å². The number of nitrogens with one attached hydrogen (secondary N) is 2. The molecule has 18 nitrogen and oxygen atoms in total. The number of Topliss-reactive ketones (excluding diaryl/α,β-unsaturated/α-hetero) is 1. The second kappa shape index (κ2) is 28.9. The minimum absolute atomic E-state index is 0. The van der Waals surface area contributed by atoms with Crippen molar-refractivity contribution < 1.29 is 38.7 Å². The van der Waals surface area contributed by atoms with E-state index in [0.717, 1.165) is 121 Å². The number of thiocarbonyl (C=S) groups is 1. The van der Waals surface area contributed by atoms with Crippen LogP contribution in [0.25, 0.3) is 0 Å². The van der Waals surface area contributed by atoms with Gasteiger partial charge in [0.2, 0.25) is 19.4 Å². The molecule has 23 heteroatoms. The van der Waals surface area contributed by atoms with E-state index in [0.29, 0.717) is 71.8 Å². The number of likely N-dealkylation sites (tertiary alicyclic amines) is 2. The Kier molecular flexibility index (Phi) is 21.9. The molecule has 0 bridgehead atoms. The van der Waals surface area contributed by atoms with Gasteiger partial charge in [-0.05, 0) is 167 Å². The van der Waals surface area contributed by atoms with Crippen LogP contribution in [0.1, 0.15) is 83.9 Å². The Balaban J connectivity index is 0.000000172.